The molecule has 7 nitrogen and oxygen atoms in total. The Morgan fingerprint density at radius 1 is 1.45 bits per heavy atom. The van der Waals surface area contributed by atoms with Gasteiger partial charge in [0.1, 0.15) is 5.75 Å². The Hall–Kier alpha value is -2.41. The lowest BCUT2D eigenvalue weighted by Crippen LogP contribution is -2.35. The summed E-state index contributed by atoms with van der Waals surface area (Å²) in [4.78, 5) is 34.5. The van der Waals surface area contributed by atoms with Crippen LogP contribution >= 0.6 is 0 Å². The number of amides is 3. The van der Waals surface area contributed by atoms with E-state index in [2.05, 4.69) is 5.32 Å². The largest absolute Gasteiger partial charge is 0.427 e. The number of nitrogens with zero attached hydrogens (tertiary/aromatic N) is 1. The molecule has 108 valence electrons. The van der Waals surface area contributed by atoms with Crippen LogP contribution in [-0.4, -0.2) is 36.4 Å². The fourth-order valence-electron chi connectivity index (χ4n) is 1.46. The molecule has 0 saturated carbocycles. The average molecular weight is 279 g/mol. The van der Waals surface area contributed by atoms with Crippen molar-refractivity contribution in [2.45, 2.75) is 13.3 Å². The molecule has 0 saturated heterocycles. The number of ether oxygens (including phenoxy) is 1. The van der Waals surface area contributed by atoms with Crippen LogP contribution in [0.15, 0.2) is 24.3 Å². The first-order valence-electron chi connectivity index (χ1n) is 6.08. The lowest BCUT2D eigenvalue weighted by molar-refractivity contribution is -0.131. The number of imide groups is 1. The van der Waals surface area contributed by atoms with E-state index in [-0.39, 0.29) is 6.54 Å². The molecule has 0 radical (unpaired) electrons. The Morgan fingerprint density at radius 2 is 2.20 bits per heavy atom. The van der Waals surface area contributed by atoms with Gasteiger partial charge in [-0.25, -0.2) is 4.79 Å². The third-order valence-electron chi connectivity index (χ3n) is 2.34. The smallest absolute Gasteiger partial charge is 0.328 e. The number of esters is 1. The van der Waals surface area contributed by atoms with Crippen molar-refractivity contribution in [3.63, 3.8) is 0 Å². The van der Waals surface area contributed by atoms with Crippen molar-refractivity contribution < 1.29 is 19.1 Å². The number of hydrogen-bond donors (Lipinski definition) is 2. The van der Waals surface area contributed by atoms with Gasteiger partial charge < -0.3 is 15.8 Å². The van der Waals surface area contributed by atoms with Crippen LogP contribution in [0.25, 0.3) is 0 Å². The van der Waals surface area contributed by atoms with Crippen LogP contribution in [0, 0.1) is 0 Å². The van der Waals surface area contributed by atoms with Crippen LogP contribution in [0.5, 0.6) is 5.75 Å². The highest BCUT2D eigenvalue weighted by Crippen LogP contribution is 2.17. The van der Waals surface area contributed by atoms with E-state index < -0.39 is 12.0 Å². The monoisotopic (exact) mass is 279 g/mol. The van der Waals surface area contributed by atoms with Gasteiger partial charge >= 0.3 is 12.0 Å². The van der Waals surface area contributed by atoms with E-state index in [4.69, 9.17) is 10.5 Å². The number of carbonyl (C=O) groups is 3. The lowest BCUT2D eigenvalue weighted by atomic mass is 10.3. The van der Waals surface area contributed by atoms with Gasteiger partial charge in [-0.05, 0) is 25.1 Å². The summed E-state index contributed by atoms with van der Waals surface area (Å²) in [5.41, 5.74) is 5.75. The maximum absolute atomic E-state index is 11.8. The molecule has 0 fully saturated rings. The summed E-state index contributed by atoms with van der Waals surface area (Å²) < 4.78 is 4.90. The minimum absolute atomic E-state index is 0.246. The third kappa shape index (κ3) is 5.07. The highest BCUT2D eigenvalue weighted by molar-refractivity contribution is 5.95. The fourth-order valence-corrected chi connectivity index (χ4v) is 1.46. The molecule has 0 unspecified atom stereocenters. The van der Waals surface area contributed by atoms with Gasteiger partial charge in [-0.3, -0.25) is 14.5 Å². The van der Waals surface area contributed by atoms with Crippen LogP contribution in [0.4, 0.5) is 10.5 Å². The number of nitrogens with two attached hydrogens (primary N) is 1. The minimum atomic E-state index is -0.562. The molecule has 0 aliphatic heterocycles. The van der Waals surface area contributed by atoms with E-state index in [0.717, 1.165) is 4.90 Å². The van der Waals surface area contributed by atoms with Gasteiger partial charge in [0.25, 0.3) is 0 Å². The topological polar surface area (TPSA) is 102 Å². The SMILES string of the molecule is CC(=O)Oc1cccc(NC(=O)N(C=O)CCCN)c1. The second kappa shape index (κ2) is 7.90. The average Bonchev–Trinajstić information content (AvgIpc) is 2.39. The molecule has 0 aliphatic rings. The van der Waals surface area contributed by atoms with E-state index in [1.165, 1.54) is 13.0 Å². The van der Waals surface area contributed by atoms with Crippen LogP contribution in [0.3, 0.4) is 0 Å². The zero-order valence-corrected chi connectivity index (χ0v) is 11.2. The first-order valence-corrected chi connectivity index (χ1v) is 6.08. The molecule has 3 amide bonds. The molecule has 20 heavy (non-hydrogen) atoms. The number of carbonyl (C=O) groups excluding carboxylic acids is 3. The van der Waals surface area contributed by atoms with Crippen LogP contribution < -0.4 is 15.8 Å². The van der Waals surface area contributed by atoms with E-state index >= 15 is 0 Å². The van der Waals surface area contributed by atoms with E-state index in [1.807, 2.05) is 0 Å². The maximum atomic E-state index is 11.8. The van der Waals surface area contributed by atoms with Crippen molar-refractivity contribution in [1.29, 1.82) is 0 Å². The van der Waals surface area contributed by atoms with E-state index in [9.17, 15) is 14.4 Å². The quantitative estimate of drug-likeness (QED) is 0.458. The third-order valence-corrected chi connectivity index (χ3v) is 2.34. The molecular formula is C13H17N3O4. The van der Waals surface area contributed by atoms with Gasteiger partial charge in [-0.15, -0.1) is 0 Å². The summed E-state index contributed by atoms with van der Waals surface area (Å²) in [6.07, 6.45) is 0.973. The van der Waals surface area contributed by atoms with Gasteiger partial charge in [0.15, 0.2) is 0 Å². The lowest BCUT2D eigenvalue weighted by Gasteiger charge is -2.16. The summed E-state index contributed by atoms with van der Waals surface area (Å²) in [5.74, 6) is -0.138. The highest BCUT2D eigenvalue weighted by Gasteiger charge is 2.12. The Kier molecular flexibility index (Phi) is 6.18. The maximum Gasteiger partial charge on any atom is 0.328 e. The molecule has 3 N–H and O–H groups in total. The summed E-state index contributed by atoms with van der Waals surface area (Å²) in [6, 6.07) is 5.76. The number of rotatable bonds is 6. The van der Waals surface area contributed by atoms with Gasteiger partial charge in [-0.1, -0.05) is 6.07 Å². The van der Waals surface area contributed by atoms with E-state index in [0.29, 0.717) is 30.8 Å². The van der Waals surface area contributed by atoms with Crippen molar-refractivity contribution in [2.75, 3.05) is 18.4 Å². The Bertz CT molecular complexity index is 490. The predicted molar refractivity (Wildman–Crippen MR) is 73.2 cm³/mol. The molecule has 1 aromatic rings. The molecule has 0 bridgehead atoms. The second-order valence-electron chi connectivity index (χ2n) is 3.99. The van der Waals surface area contributed by atoms with Crippen molar-refractivity contribution in [2.24, 2.45) is 5.73 Å². The van der Waals surface area contributed by atoms with Crippen LogP contribution in [0.2, 0.25) is 0 Å². The molecule has 0 atom stereocenters. The van der Waals surface area contributed by atoms with E-state index in [1.54, 1.807) is 18.2 Å². The van der Waals surface area contributed by atoms with Crippen molar-refractivity contribution >= 4 is 24.1 Å². The van der Waals surface area contributed by atoms with Crippen LogP contribution in [0.1, 0.15) is 13.3 Å². The molecule has 0 spiro atoms. The molecule has 1 rings (SSSR count). The molecule has 7 heteroatoms. The summed E-state index contributed by atoms with van der Waals surface area (Å²) >= 11 is 0. The zero-order valence-electron chi connectivity index (χ0n) is 11.2. The zero-order chi connectivity index (χ0) is 15.0. The number of benzene rings is 1. The fraction of sp³-hybridized carbons (Fsp3) is 0.308. The van der Waals surface area contributed by atoms with Gasteiger partial charge in [-0.2, -0.15) is 0 Å². The number of anilines is 1. The second-order valence-corrected chi connectivity index (χ2v) is 3.99. The van der Waals surface area contributed by atoms with Crippen molar-refractivity contribution in [3.8, 4) is 5.75 Å². The first-order chi connectivity index (χ1) is 9.56. The predicted octanol–water partition coefficient (Wildman–Crippen LogP) is 0.951. The molecule has 1 aromatic carbocycles. The number of nitrogens with one attached hydrogen (secondary N) is 1. The Labute approximate surface area is 116 Å². The molecular weight excluding hydrogens is 262 g/mol. The van der Waals surface area contributed by atoms with Gasteiger partial charge in [0, 0.05) is 25.2 Å². The Morgan fingerprint density at radius 3 is 2.80 bits per heavy atom. The number of hydrogen-bond acceptors (Lipinski definition) is 5. The highest BCUT2D eigenvalue weighted by atomic mass is 16.5. The molecule has 0 aromatic heterocycles. The minimum Gasteiger partial charge on any atom is -0.427 e. The Balaban J connectivity index is 2.69. The standard InChI is InChI=1S/C13H17N3O4/c1-10(18)20-12-5-2-4-11(8-12)15-13(19)16(9-17)7-3-6-14/h2,4-5,8-9H,3,6-7,14H2,1H3,(H,15,19). The normalized spacial score (nSPS) is 9.70. The molecule has 0 heterocycles. The summed E-state index contributed by atoms with van der Waals surface area (Å²) in [5, 5.41) is 2.54. The van der Waals surface area contributed by atoms with Gasteiger partial charge in [0.05, 0.1) is 0 Å². The van der Waals surface area contributed by atoms with Gasteiger partial charge in [0.2, 0.25) is 6.41 Å². The van der Waals surface area contributed by atoms with Crippen LogP contribution in [-0.2, 0) is 9.59 Å². The molecule has 0 aliphatic carbocycles. The summed E-state index contributed by atoms with van der Waals surface area (Å²) in [7, 11) is 0. The van der Waals surface area contributed by atoms with Crippen molar-refractivity contribution in [1.82, 2.24) is 4.90 Å². The number of urea groups is 1. The first kappa shape index (κ1) is 15.6. The summed E-state index contributed by atoms with van der Waals surface area (Å²) in [6.45, 7) is 1.92. The van der Waals surface area contributed by atoms with Crippen molar-refractivity contribution in [3.05, 3.63) is 24.3 Å².